The third-order valence-corrected chi connectivity index (χ3v) is 4.14. The van der Waals surface area contributed by atoms with Gasteiger partial charge in [-0.2, -0.15) is 5.10 Å². The van der Waals surface area contributed by atoms with E-state index in [1.54, 1.807) is 6.26 Å². The average Bonchev–Trinajstić information content (AvgIpc) is 3.30. The smallest absolute Gasteiger partial charge is 0.226 e. The van der Waals surface area contributed by atoms with Crippen molar-refractivity contribution in [1.29, 1.82) is 0 Å². The average molecular weight is 360 g/mol. The highest BCUT2D eigenvalue weighted by Crippen LogP contribution is 2.25. The quantitative estimate of drug-likeness (QED) is 0.556. The first kappa shape index (κ1) is 16.9. The molecule has 136 valence electrons. The van der Waals surface area contributed by atoms with Gasteiger partial charge in [0.2, 0.25) is 5.89 Å². The summed E-state index contributed by atoms with van der Waals surface area (Å²) in [6.45, 7) is 3.07. The molecule has 2 aromatic heterocycles. The topological polar surface area (TPSA) is 79.1 Å². The Morgan fingerprint density at radius 2 is 1.81 bits per heavy atom. The van der Waals surface area contributed by atoms with E-state index < -0.39 is 0 Å². The number of anilines is 1. The maximum absolute atomic E-state index is 5.92. The summed E-state index contributed by atoms with van der Waals surface area (Å²) in [5, 5.41) is 4.39. The van der Waals surface area contributed by atoms with Crippen molar-refractivity contribution in [3.8, 4) is 28.5 Å². The van der Waals surface area contributed by atoms with Crippen LogP contribution in [0.25, 0.3) is 22.7 Å². The van der Waals surface area contributed by atoms with E-state index in [2.05, 4.69) is 10.1 Å². The van der Waals surface area contributed by atoms with Crippen molar-refractivity contribution in [2.75, 3.05) is 12.3 Å². The predicted molar refractivity (Wildman–Crippen MR) is 104 cm³/mol. The van der Waals surface area contributed by atoms with E-state index >= 15 is 0 Å². The Kier molecular flexibility index (Phi) is 4.61. The molecule has 0 spiro atoms. The van der Waals surface area contributed by atoms with Crippen LogP contribution in [0.3, 0.4) is 0 Å². The summed E-state index contributed by atoms with van der Waals surface area (Å²) in [6.07, 6.45) is 1.65. The van der Waals surface area contributed by atoms with Crippen LogP contribution in [0.2, 0.25) is 0 Å². The highest BCUT2D eigenvalue weighted by atomic mass is 16.5. The molecular weight excluding hydrogens is 340 g/mol. The number of hydrogen-bond acceptors (Lipinski definition) is 5. The lowest BCUT2D eigenvalue weighted by atomic mass is 10.1. The molecule has 0 bridgehead atoms. The number of ether oxygens (including phenoxy) is 1. The fourth-order valence-electron chi connectivity index (χ4n) is 2.92. The largest absolute Gasteiger partial charge is 0.494 e. The lowest BCUT2D eigenvalue weighted by molar-refractivity contribution is 0.340. The second-order valence-electron chi connectivity index (χ2n) is 6.08. The van der Waals surface area contributed by atoms with Crippen LogP contribution < -0.4 is 10.5 Å². The molecule has 0 saturated heterocycles. The molecule has 6 nitrogen and oxygen atoms in total. The van der Waals surface area contributed by atoms with Gasteiger partial charge in [0, 0.05) is 11.6 Å². The normalized spacial score (nSPS) is 10.9. The zero-order valence-corrected chi connectivity index (χ0v) is 15.0. The number of nitrogen functional groups attached to an aromatic ring is 1. The van der Waals surface area contributed by atoms with Gasteiger partial charge in [0.25, 0.3) is 0 Å². The fourth-order valence-corrected chi connectivity index (χ4v) is 2.92. The zero-order valence-electron chi connectivity index (χ0n) is 15.0. The van der Waals surface area contributed by atoms with Gasteiger partial charge in [-0.15, -0.1) is 0 Å². The van der Waals surface area contributed by atoms with Crippen LogP contribution in [0.4, 0.5) is 5.82 Å². The van der Waals surface area contributed by atoms with Crippen molar-refractivity contribution in [3.05, 3.63) is 72.6 Å². The summed E-state index contributed by atoms with van der Waals surface area (Å²) in [5.74, 6) is 1.87. The van der Waals surface area contributed by atoms with Crippen molar-refractivity contribution in [2.24, 2.45) is 0 Å². The molecule has 0 fully saturated rings. The van der Waals surface area contributed by atoms with E-state index in [-0.39, 0.29) is 0 Å². The van der Waals surface area contributed by atoms with Gasteiger partial charge < -0.3 is 14.9 Å². The van der Waals surface area contributed by atoms with Crippen LogP contribution in [0.5, 0.6) is 5.75 Å². The van der Waals surface area contributed by atoms with E-state index in [4.69, 9.17) is 14.9 Å². The SMILES string of the molecule is CCOc1ccc(-c2nc(Cn3nc(N)cc3-c3ccccc3)co2)cc1. The van der Waals surface area contributed by atoms with Crippen LogP contribution in [0, 0.1) is 0 Å². The number of oxazole rings is 1. The third-order valence-electron chi connectivity index (χ3n) is 4.14. The van der Waals surface area contributed by atoms with Crippen molar-refractivity contribution in [2.45, 2.75) is 13.5 Å². The Hall–Kier alpha value is -3.54. The first-order chi connectivity index (χ1) is 13.2. The minimum Gasteiger partial charge on any atom is -0.494 e. The van der Waals surface area contributed by atoms with E-state index in [0.717, 1.165) is 28.3 Å². The van der Waals surface area contributed by atoms with Gasteiger partial charge in [0.1, 0.15) is 23.5 Å². The second kappa shape index (κ2) is 7.37. The molecule has 0 unspecified atom stereocenters. The van der Waals surface area contributed by atoms with Crippen LogP contribution in [-0.4, -0.2) is 21.4 Å². The number of hydrogen-bond donors (Lipinski definition) is 1. The molecule has 2 N–H and O–H groups in total. The van der Waals surface area contributed by atoms with Crippen molar-refractivity contribution in [3.63, 3.8) is 0 Å². The monoisotopic (exact) mass is 360 g/mol. The number of nitrogens with zero attached hydrogens (tertiary/aromatic N) is 3. The second-order valence-corrected chi connectivity index (χ2v) is 6.08. The summed E-state index contributed by atoms with van der Waals surface area (Å²) >= 11 is 0. The molecule has 0 saturated carbocycles. The molecule has 6 heteroatoms. The third kappa shape index (κ3) is 3.69. The first-order valence-electron chi connectivity index (χ1n) is 8.79. The minimum absolute atomic E-state index is 0.474. The van der Waals surface area contributed by atoms with Crippen molar-refractivity contribution >= 4 is 5.82 Å². The fraction of sp³-hybridized carbons (Fsp3) is 0.143. The number of aromatic nitrogens is 3. The Morgan fingerprint density at radius 3 is 2.56 bits per heavy atom. The van der Waals surface area contributed by atoms with Gasteiger partial charge in [-0.05, 0) is 36.8 Å². The number of benzene rings is 2. The van der Waals surface area contributed by atoms with E-state index in [1.807, 2.05) is 72.3 Å². The molecule has 0 aliphatic carbocycles. The highest BCUT2D eigenvalue weighted by Gasteiger charge is 2.12. The summed E-state index contributed by atoms with van der Waals surface area (Å²) in [6, 6.07) is 19.6. The molecule has 4 rings (SSSR count). The lowest BCUT2D eigenvalue weighted by Crippen LogP contribution is -2.04. The molecule has 27 heavy (non-hydrogen) atoms. The van der Waals surface area contributed by atoms with Gasteiger partial charge >= 0.3 is 0 Å². The van der Waals surface area contributed by atoms with E-state index in [0.29, 0.717) is 24.9 Å². The highest BCUT2D eigenvalue weighted by molar-refractivity contribution is 5.62. The molecule has 0 aliphatic rings. The number of nitrogens with two attached hydrogens (primary N) is 1. The minimum atomic E-state index is 0.474. The van der Waals surface area contributed by atoms with Gasteiger partial charge in [-0.3, -0.25) is 4.68 Å². The Bertz CT molecular complexity index is 1020. The lowest BCUT2D eigenvalue weighted by Gasteiger charge is -2.05. The Labute approximate surface area is 157 Å². The van der Waals surface area contributed by atoms with Crippen LogP contribution in [0.15, 0.2) is 71.3 Å². The summed E-state index contributed by atoms with van der Waals surface area (Å²) in [5.41, 5.74) is 9.59. The van der Waals surface area contributed by atoms with Gasteiger partial charge in [-0.25, -0.2) is 4.98 Å². The molecule has 0 radical (unpaired) electrons. The molecule has 2 heterocycles. The zero-order chi connectivity index (χ0) is 18.6. The predicted octanol–water partition coefficient (Wildman–Crippen LogP) is 4.23. The van der Waals surface area contributed by atoms with Crippen LogP contribution in [-0.2, 0) is 6.54 Å². The molecular formula is C21H20N4O2. The molecule has 2 aromatic carbocycles. The maximum Gasteiger partial charge on any atom is 0.226 e. The Morgan fingerprint density at radius 1 is 1.04 bits per heavy atom. The standard InChI is InChI=1S/C21H20N4O2/c1-2-26-18-10-8-16(9-11-18)21-23-17(14-27-21)13-25-19(12-20(22)24-25)15-6-4-3-5-7-15/h3-12,14H,2,13H2,1H3,(H2,22,24). The summed E-state index contributed by atoms with van der Waals surface area (Å²) in [7, 11) is 0. The van der Waals surface area contributed by atoms with E-state index in [9.17, 15) is 0 Å². The summed E-state index contributed by atoms with van der Waals surface area (Å²) < 4.78 is 13.0. The van der Waals surface area contributed by atoms with Gasteiger partial charge in [-0.1, -0.05) is 30.3 Å². The summed E-state index contributed by atoms with van der Waals surface area (Å²) in [4.78, 5) is 4.59. The molecule has 4 aromatic rings. The van der Waals surface area contributed by atoms with Gasteiger partial charge in [0.15, 0.2) is 0 Å². The Balaban J connectivity index is 1.57. The molecule has 0 aliphatic heterocycles. The van der Waals surface area contributed by atoms with Crippen molar-refractivity contribution < 1.29 is 9.15 Å². The number of rotatable bonds is 6. The first-order valence-corrected chi connectivity index (χ1v) is 8.79. The van der Waals surface area contributed by atoms with Crippen LogP contribution in [0.1, 0.15) is 12.6 Å². The maximum atomic E-state index is 5.92. The van der Waals surface area contributed by atoms with Gasteiger partial charge in [0.05, 0.1) is 18.8 Å². The molecule has 0 amide bonds. The van der Waals surface area contributed by atoms with Crippen molar-refractivity contribution in [1.82, 2.24) is 14.8 Å². The van der Waals surface area contributed by atoms with E-state index in [1.165, 1.54) is 0 Å². The molecule has 0 atom stereocenters. The van der Waals surface area contributed by atoms with Crippen LogP contribution >= 0.6 is 0 Å².